The highest BCUT2D eigenvalue weighted by atomic mass is 16.5. The smallest absolute Gasteiger partial charge is 0.308 e. The van der Waals surface area contributed by atoms with E-state index in [4.69, 9.17) is 4.74 Å². The van der Waals surface area contributed by atoms with E-state index in [1.807, 2.05) is 24.3 Å². The predicted octanol–water partition coefficient (Wildman–Crippen LogP) is 3.36. The Hall–Kier alpha value is -1.51. The Morgan fingerprint density at radius 3 is 2.41 bits per heavy atom. The Balaban J connectivity index is 1.90. The Bertz CT molecular complexity index is 366. The van der Waals surface area contributed by atoms with Crippen LogP contribution in [-0.2, 0) is 4.79 Å². The SMILES string of the molecule is CC(=O)Oc1ccc(NC2CCCCC2)cc1. The van der Waals surface area contributed by atoms with Gasteiger partial charge in [0.15, 0.2) is 0 Å². The van der Waals surface area contributed by atoms with Crippen molar-refractivity contribution in [1.29, 1.82) is 0 Å². The molecule has 1 fully saturated rings. The van der Waals surface area contributed by atoms with Crippen molar-refractivity contribution >= 4 is 11.7 Å². The molecule has 1 saturated carbocycles. The van der Waals surface area contributed by atoms with Crippen LogP contribution in [0.3, 0.4) is 0 Å². The molecule has 3 heteroatoms. The number of hydrogen-bond donors (Lipinski definition) is 1. The van der Waals surface area contributed by atoms with Crippen molar-refractivity contribution in [2.45, 2.75) is 45.1 Å². The summed E-state index contributed by atoms with van der Waals surface area (Å²) in [6.07, 6.45) is 6.52. The molecule has 1 aromatic rings. The molecule has 0 bridgehead atoms. The van der Waals surface area contributed by atoms with Gasteiger partial charge in [0.2, 0.25) is 0 Å². The van der Waals surface area contributed by atoms with E-state index in [2.05, 4.69) is 5.32 Å². The molecule has 1 aliphatic rings. The summed E-state index contributed by atoms with van der Waals surface area (Å²) in [6.45, 7) is 1.41. The average molecular weight is 233 g/mol. The lowest BCUT2D eigenvalue weighted by molar-refractivity contribution is -0.131. The van der Waals surface area contributed by atoms with Gasteiger partial charge in [-0.25, -0.2) is 0 Å². The first-order valence-corrected chi connectivity index (χ1v) is 6.29. The van der Waals surface area contributed by atoms with Crippen molar-refractivity contribution in [3.05, 3.63) is 24.3 Å². The van der Waals surface area contributed by atoms with E-state index in [0.717, 1.165) is 5.69 Å². The molecule has 0 unspecified atom stereocenters. The molecule has 17 heavy (non-hydrogen) atoms. The second kappa shape index (κ2) is 5.71. The fourth-order valence-corrected chi connectivity index (χ4v) is 2.27. The number of rotatable bonds is 3. The quantitative estimate of drug-likeness (QED) is 0.642. The van der Waals surface area contributed by atoms with Gasteiger partial charge in [0.05, 0.1) is 0 Å². The first-order chi connectivity index (χ1) is 8.24. The first-order valence-electron chi connectivity index (χ1n) is 6.29. The summed E-state index contributed by atoms with van der Waals surface area (Å²) in [7, 11) is 0. The predicted molar refractivity (Wildman–Crippen MR) is 68.2 cm³/mol. The molecule has 0 saturated heterocycles. The second-order valence-corrected chi connectivity index (χ2v) is 4.60. The van der Waals surface area contributed by atoms with Crippen LogP contribution in [0.25, 0.3) is 0 Å². The number of ether oxygens (including phenoxy) is 1. The van der Waals surface area contributed by atoms with Crippen LogP contribution in [0, 0.1) is 0 Å². The fourth-order valence-electron chi connectivity index (χ4n) is 2.27. The minimum Gasteiger partial charge on any atom is -0.427 e. The molecule has 0 spiro atoms. The molecule has 2 rings (SSSR count). The summed E-state index contributed by atoms with van der Waals surface area (Å²) in [5, 5.41) is 3.52. The van der Waals surface area contributed by atoms with Crippen LogP contribution in [-0.4, -0.2) is 12.0 Å². The van der Waals surface area contributed by atoms with Crippen molar-refractivity contribution in [2.75, 3.05) is 5.32 Å². The third-order valence-corrected chi connectivity index (χ3v) is 3.09. The average Bonchev–Trinajstić information content (AvgIpc) is 2.32. The minimum absolute atomic E-state index is 0.280. The van der Waals surface area contributed by atoms with Gasteiger partial charge in [-0.05, 0) is 37.1 Å². The van der Waals surface area contributed by atoms with Gasteiger partial charge < -0.3 is 10.1 Å². The molecule has 0 aromatic heterocycles. The van der Waals surface area contributed by atoms with Crippen LogP contribution in [0.5, 0.6) is 5.75 Å². The molecular formula is C14H19NO2. The van der Waals surface area contributed by atoms with E-state index in [9.17, 15) is 4.79 Å². The van der Waals surface area contributed by atoms with E-state index in [1.165, 1.54) is 39.0 Å². The maximum Gasteiger partial charge on any atom is 0.308 e. The Kier molecular flexibility index (Phi) is 4.02. The maximum atomic E-state index is 10.8. The number of nitrogens with one attached hydrogen (secondary N) is 1. The molecule has 1 N–H and O–H groups in total. The number of carbonyl (C=O) groups excluding carboxylic acids is 1. The lowest BCUT2D eigenvalue weighted by Crippen LogP contribution is -2.22. The number of hydrogen-bond acceptors (Lipinski definition) is 3. The molecule has 3 nitrogen and oxygen atoms in total. The Morgan fingerprint density at radius 1 is 1.18 bits per heavy atom. The standard InChI is InChI=1S/C14H19NO2/c1-11(16)17-14-9-7-13(8-10-14)15-12-5-3-2-4-6-12/h7-10,12,15H,2-6H2,1H3. The Labute approximate surface area is 102 Å². The van der Waals surface area contributed by atoms with Crippen LogP contribution in [0.15, 0.2) is 24.3 Å². The van der Waals surface area contributed by atoms with Gasteiger partial charge >= 0.3 is 5.97 Å². The van der Waals surface area contributed by atoms with Crippen LogP contribution in [0.2, 0.25) is 0 Å². The molecule has 1 aliphatic carbocycles. The number of carbonyl (C=O) groups is 1. The van der Waals surface area contributed by atoms with E-state index in [1.54, 1.807) is 0 Å². The zero-order chi connectivity index (χ0) is 12.1. The molecule has 0 heterocycles. The van der Waals surface area contributed by atoms with Crippen molar-refractivity contribution in [3.8, 4) is 5.75 Å². The summed E-state index contributed by atoms with van der Waals surface area (Å²) >= 11 is 0. The van der Waals surface area contributed by atoms with Crippen molar-refractivity contribution in [3.63, 3.8) is 0 Å². The number of esters is 1. The van der Waals surface area contributed by atoms with E-state index < -0.39 is 0 Å². The van der Waals surface area contributed by atoms with E-state index in [0.29, 0.717) is 11.8 Å². The number of benzene rings is 1. The molecule has 92 valence electrons. The van der Waals surface area contributed by atoms with Gasteiger partial charge in [-0.2, -0.15) is 0 Å². The zero-order valence-corrected chi connectivity index (χ0v) is 10.2. The van der Waals surface area contributed by atoms with Crippen molar-refractivity contribution in [1.82, 2.24) is 0 Å². The van der Waals surface area contributed by atoms with Crippen LogP contribution >= 0.6 is 0 Å². The molecular weight excluding hydrogens is 214 g/mol. The zero-order valence-electron chi connectivity index (χ0n) is 10.2. The molecule has 0 amide bonds. The van der Waals surface area contributed by atoms with Gasteiger partial charge in [0.1, 0.15) is 5.75 Å². The first kappa shape index (κ1) is 12.0. The van der Waals surface area contributed by atoms with Crippen LogP contribution in [0.1, 0.15) is 39.0 Å². The van der Waals surface area contributed by atoms with E-state index in [-0.39, 0.29) is 5.97 Å². The third-order valence-electron chi connectivity index (χ3n) is 3.09. The number of anilines is 1. The van der Waals surface area contributed by atoms with Gasteiger partial charge in [-0.15, -0.1) is 0 Å². The van der Waals surface area contributed by atoms with Crippen LogP contribution < -0.4 is 10.1 Å². The normalized spacial score (nSPS) is 16.5. The Morgan fingerprint density at radius 2 is 1.82 bits per heavy atom. The van der Waals surface area contributed by atoms with Crippen LogP contribution in [0.4, 0.5) is 5.69 Å². The molecule has 0 aliphatic heterocycles. The largest absolute Gasteiger partial charge is 0.427 e. The highest BCUT2D eigenvalue weighted by Gasteiger charge is 2.12. The summed E-state index contributed by atoms with van der Waals surface area (Å²) in [4.78, 5) is 10.8. The maximum absolute atomic E-state index is 10.8. The molecule has 0 radical (unpaired) electrons. The lowest BCUT2D eigenvalue weighted by Gasteiger charge is -2.23. The fraction of sp³-hybridized carbons (Fsp3) is 0.500. The van der Waals surface area contributed by atoms with Gasteiger partial charge in [-0.1, -0.05) is 19.3 Å². The monoisotopic (exact) mass is 233 g/mol. The second-order valence-electron chi connectivity index (χ2n) is 4.60. The van der Waals surface area contributed by atoms with Crippen molar-refractivity contribution in [2.24, 2.45) is 0 Å². The summed E-state index contributed by atoms with van der Waals surface area (Å²) in [5.74, 6) is 0.324. The van der Waals surface area contributed by atoms with Gasteiger partial charge in [0.25, 0.3) is 0 Å². The van der Waals surface area contributed by atoms with Gasteiger partial charge in [-0.3, -0.25) is 4.79 Å². The molecule has 0 atom stereocenters. The van der Waals surface area contributed by atoms with Gasteiger partial charge in [0, 0.05) is 18.7 Å². The summed E-state index contributed by atoms with van der Waals surface area (Å²) in [5.41, 5.74) is 1.10. The topological polar surface area (TPSA) is 38.3 Å². The van der Waals surface area contributed by atoms with E-state index >= 15 is 0 Å². The highest BCUT2D eigenvalue weighted by Crippen LogP contribution is 2.23. The highest BCUT2D eigenvalue weighted by molar-refractivity contribution is 5.69. The molecule has 1 aromatic carbocycles. The third kappa shape index (κ3) is 3.77. The lowest BCUT2D eigenvalue weighted by atomic mass is 9.95. The minimum atomic E-state index is -0.280. The van der Waals surface area contributed by atoms with Crippen molar-refractivity contribution < 1.29 is 9.53 Å². The summed E-state index contributed by atoms with van der Waals surface area (Å²) in [6, 6.07) is 8.18. The summed E-state index contributed by atoms with van der Waals surface area (Å²) < 4.78 is 4.99.